The topological polar surface area (TPSA) is 89.5 Å². The Morgan fingerprint density at radius 2 is 1.03 bits per heavy atom. The molecule has 0 heterocycles. The molecule has 0 unspecified atom stereocenters. The maximum absolute atomic E-state index is 12.4. The molecular formula is C26H34O8. The van der Waals surface area contributed by atoms with Gasteiger partial charge in [-0.05, 0) is 37.1 Å². The summed E-state index contributed by atoms with van der Waals surface area (Å²) in [5.41, 5.74) is 1.54. The Bertz CT molecular complexity index is 904. The number of rotatable bonds is 13. The minimum atomic E-state index is -0.538. The molecule has 0 saturated carbocycles. The van der Waals surface area contributed by atoms with Crippen LogP contribution in [0.1, 0.15) is 60.2 Å². The smallest absolute Gasteiger partial charge is 0.338 e. The zero-order chi connectivity index (χ0) is 25.1. The van der Waals surface area contributed by atoms with E-state index in [0.717, 1.165) is 25.7 Å². The van der Waals surface area contributed by atoms with Gasteiger partial charge in [0.25, 0.3) is 0 Å². The van der Waals surface area contributed by atoms with E-state index in [2.05, 4.69) is 13.8 Å². The predicted molar refractivity (Wildman–Crippen MR) is 128 cm³/mol. The quantitative estimate of drug-likeness (QED) is 0.285. The summed E-state index contributed by atoms with van der Waals surface area (Å²) in [6, 6.07) is 6.40. The average molecular weight is 475 g/mol. The lowest BCUT2D eigenvalue weighted by Crippen LogP contribution is -2.08. The molecule has 0 aliphatic carbocycles. The minimum Gasteiger partial charge on any atom is -0.493 e. The first-order valence-electron chi connectivity index (χ1n) is 11.3. The Morgan fingerprint density at radius 1 is 0.647 bits per heavy atom. The fraction of sp³-hybridized carbons (Fsp3) is 0.462. The van der Waals surface area contributed by atoms with Crippen LogP contribution in [0, 0.1) is 0 Å². The van der Waals surface area contributed by atoms with Crippen molar-refractivity contribution in [2.24, 2.45) is 0 Å². The van der Waals surface area contributed by atoms with Crippen molar-refractivity contribution in [2.75, 3.05) is 41.7 Å². The fourth-order valence-corrected chi connectivity index (χ4v) is 3.31. The van der Waals surface area contributed by atoms with Crippen molar-refractivity contribution >= 4 is 11.9 Å². The summed E-state index contributed by atoms with van der Waals surface area (Å²) in [5.74, 6) is 0.487. The zero-order valence-corrected chi connectivity index (χ0v) is 20.8. The third-order valence-corrected chi connectivity index (χ3v) is 5.17. The maximum Gasteiger partial charge on any atom is 0.338 e. The molecule has 0 N–H and O–H groups in total. The van der Waals surface area contributed by atoms with E-state index in [0.29, 0.717) is 47.3 Å². The molecule has 8 nitrogen and oxygen atoms in total. The molecule has 0 spiro atoms. The summed E-state index contributed by atoms with van der Waals surface area (Å²) in [6.45, 7) is 5.01. The Hall–Kier alpha value is -3.42. The number of hydrogen-bond donors (Lipinski definition) is 0. The molecule has 0 saturated heterocycles. The molecule has 34 heavy (non-hydrogen) atoms. The Balaban J connectivity index is 2.87. The summed E-state index contributed by atoms with van der Waals surface area (Å²) in [7, 11) is 5.61. The van der Waals surface area contributed by atoms with Crippen LogP contribution in [0.2, 0.25) is 0 Å². The lowest BCUT2D eigenvalue weighted by atomic mass is 9.97. The van der Waals surface area contributed by atoms with Gasteiger partial charge in [-0.25, -0.2) is 9.59 Å². The molecule has 2 aromatic rings. The largest absolute Gasteiger partial charge is 0.493 e. The first kappa shape index (κ1) is 26.8. The molecule has 2 aromatic carbocycles. The standard InChI is InChI=1S/C26H34O8/c1-7-9-11-33-23-19(13-17(25(27)31-5)15-21(23)29-3)20-14-18(26(28)32-6)16-22(30-4)24(20)34-12-10-8-2/h13-16H,7-12H2,1-6H3. The number of ether oxygens (including phenoxy) is 6. The van der Waals surface area contributed by atoms with Crippen molar-refractivity contribution in [2.45, 2.75) is 39.5 Å². The summed E-state index contributed by atoms with van der Waals surface area (Å²) < 4.78 is 33.2. The molecule has 0 bridgehead atoms. The van der Waals surface area contributed by atoms with Crippen LogP contribution >= 0.6 is 0 Å². The van der Waals surface area contributed by atoms with Gasteiger partial charge in [0.1, 0.15) is 0 Å². The van der Waals surface area contributed by atoms with Crippen molar-refractivity contribution in [3.05, 3.63) is 35.4 Å². The number of unbranched alkanes of at least 4 members (excludes halogenated alkanes) is 2. The summed E-state index contributed by atoms with van der Waals surface area (Å²) in [6.07, 6.45) is 3.53. The van der Waals surface area contributed by atoms with Crippen molar-refractivity contribution in [3.63, 3.8) is 0 Å². The number of benzene rings is 2. The van der Waals surface area contributed by atoms with E-state index in [1.54, 1.807) is 24.3 Å². The Labute approximate surface area is 201 Å². The monoisotopic (exact) mass is 474 g/mol. The van der Waals surface area contributed by atoms with E-state index in [-0.39, 0.29) is 11.1 Å². The summed E-state index contributed by atoms with van der Waals surface area (Å²) >= 11 is 0. The molecule has 0 radical (unpaired) electrons. The molecule has 2 rings (SSSR count). The molecule has 0 fully saturated rings. The van der Waals surface area contributed by atoms with E-state index in [9.17, 15) is 9.59 Å². The molecule has 186 valence electrons. The second kappa shape index (κ2) is 13.3. The molecule has 0 aromatic heterocycles. The zero-order valence-electron chi connectivity index (χ0n) is 20.8. The van der Waals surface area contributed by atoms with Crippen LogP contribution in [-0.4, -0.2) is 53.6 Å². The lowest BCUT2D eigenvalue weighted by molar-refractivity contribution is 0.0591. The van der Waals surface area contributed by atoms with Crippen LogP contribution in [-0.2, 0) is 9.47 Å². The van der Waals surface area contributed by atoms with Gasteiger partial charge in [-0.2, -0.15) is 0 Å². The highest BCUT2D eigenvalue weighted by molar-refractivity contribution is 5.97. The molecular weight excluding hydrogens is 440 g/mol. The third kappa shape index (κ3) is 6.34. The maximum atomic E-state index is 12.4. The van der Waals surface area contributed by atoms with Crippen LogP contribution in [0.3, 0.4) is 0 Å². The van der Waals surface area contributed by atoms with E-state index >= 15 is 0 Å². The van der Waals surface area contributed by atoms with E-state index < -0.39 is 11.9 Å². The van der Waals surface area contributed by atoms with Crippen LogP contribution < -0.4 is 18.9 Å². The van der Waals surface area contributed by atoms with Crippen LogP contribution in [0.15, 0.2) is 24.3 Å². The van der Waals surface area contributed by atoms with Gasteiger partial charge in [-0.1, -0.05) is 26.7 Å². The van der Waals surface area contributed by atoms with Crippen molar-refractivity contribution < 1.29 is 38.0 Å². The second-order valence-electron chi connectivity index (χ2n) is 7.50. The average Bonchev–Trinajstić information content (AvgIpc) is 2.87. The number of esters is 2. The van der Waals surface area contributed by atoms with Crippen LogP contribution in [0.5, 0.6) is 23.0 Å². The van der Waals surface area contributed by atoms with Crippen LogP contribution in [0.25, 0.3) is 11.1 Å². The molecule has 0 aliphatic rings. The Morgan fingerprint density at radius 3 is 1.32 bits per heavy atom. The highest BCUT2D eigenvalue weighted by Crippen LogP contribution is 2.47. The molecule has 0 atom stereocenters. The fourth-order valence-electron chi connectivity index (χ4n) is 3.31. The van der Waals surface area contributed by atoms with E-state index in [4.69, 9.17) is 28.4 Å². The van der Waals surface area contributed by atoms with Gasteiger partial charge in [0.05, 0.1) is 52.8 Å². The van der Waals surface area contributed by atoms with Crippen molar-refractivity contribution in [1.82, 2.24) is 0 Å². The van der Waals surface area contributed by atoms with E-state index in [1.807, 2.05) is 0 Å². The second-order valence-corrected chi connectivity index (χ2v) is 7.50. The van der Waals surface area contributed by atoms with E-state index in [1.165, 1.54) is 28.4 Å². The van der Waals surface area contributed by atoms with Gasteiger partial charge in [0, 0.05) is 11.1 Å². The first-order chi connectivity index (χ1) is 16.4. The normalized spacial score (nSPS) is 10.4. The number of carbonyl (C=O) groups excluding carboxylic acids is 2. The molecule has 0 amide bonds. The summed E-state index contributed by atoms with van der Waals surface area (Å²) in [5, 5.41) is 0. The highest BCUT2D eigenvalue weighted by Gasteiger charge is 2.25. The van der Waals surface area contributed by atoms with Gasteiger partial charge in [0.15, 0.2) is 23.0 Å². The number of methoxy groups -OCH3 is 4. The van der Waals surface area contributed by atoms with Crippen LogP contribution in [0.4, 0.5) is 0 Å². The van der Waals surface area contributed by atoms with Gasteiger partial charge < -0.3 is 28.4 Å². The SMILES string of the molecule is CCCCOc1c(OC)cc(C(=O)OC)cc1-c1cc(C(=O)OC)cc(OC)c1OCCCC. The van der Waals surface area contributed by atoms with Gasteiger partial charge >= 0.3 is 11.9 Å². The predicted octanol–water partition coefficient (Wildman–Crippen LogP) is 5.30. The van der Waals surface area contributed by atoms with Gasteiger partial charge in [0.2, 0.25) is 0 Å². The van der Waals surface area contributed by atoms with Crippen molar-refractivity contribution in [1.29, 1.82) is 0 Å². The van der Waals surface area contributed by atoms with Gasteiger partial charge in [-0.15, -0.1) is 0 Å². The first-order valence-corrected chi connectivity index (χ1v) is 11.3. The Kier molecular flexibility index (Phi) is 10.5. The lowest BCUT2D eigenvalue weighted by Gasteiger charge is -2.21. The van der Waals surface area contributed by atoms with Gasteiger partial charge in [-0.3, -0.25) is 0 Å². The minimum absolute atomic E-state index is 0.263. The van der Waals surface area contributed by atoms with Crippen molar-refractivity contribution in [3.8, 4) is 34.1 Å². The molecule has 0 aliphatic heterocycles. The number of carbonyl (C=O) groups is 2. The molecule has 8 heteroatoms. The summed E-state index contributed by atoms with van der Waals surface area (Å²) in [4.78, 5) is 24.9. The third-order valence-electron chi connectivity index (χ3n) is 5.17. The number of hydrogen-bond acceptors (Lipinski definition) is 8. The highest BCUT2D eigenvalue weighted by atomic mass is 16.5.